The van der Waals surface area contributed by atoms with Crippen molar-refractivity contribution in [2.45, 2.75) is 26.4 Å². The third-order valence-electron chi connectivity index (χ3n) is 4.41. The van der Waals surface area contributed by atoms with E-state index in [1.54, 1.807) is 32.2 Å². The van der Waals surface area contributed by atoms with Crippen LogP contribution in [0.3, 0.4) is 0 Å². The van der Waals surface area contributed by atoms with Gasteiger partial charge in [0.2, 0.25) is 5.88 Å². The Morgan fingerprint density at radius 1 is 1.16 bits per heavy atom. The number of rotatable bonds is 8. The number of halogens is 1. The second-order valence-corrected chi connectivity index (χ2v) is 7.00. The molecule has 0 fully saturated rings. The molecule has 162 valence electrons. The average molecular weight is 426 g/mol. The fraction of sp³-hybridized carbons (Fsp3) is 0.273. The third kappa shape index (κ3) is 5.32. The van der Waals surface area contributed by atoms with Crippen LogP contribution in [0.4, 0.5) is 4.39 Å². The van der Waals surface area contributed by atoms with Gasteiger partial charge in [-0.15, -0.1) is 0 Å². The van der Waals surface area contributed by atoms with Crippen LogP contribution in [0, 0.1) is 5.82 Å². The van der Waals surface area contributed by atoms with Crippen molar-refractivity contribution in [3.63, 3.8) is 0 Å². The molecule has 8 nitrogen and oxygen atoms in total. The molecule has 0 bridgehead atoms. The van der Waals surface area contributed by atoms with Crippen LogP contribution in [0.15, 0.2) is 48.9 Å². The number of nitrogens with zero attached hydrogens (tertiary/aromatic N) is 3. The van der Waals surface area contributed by atoms with Crippen molar-refractivity contribution in [3.05, 3.63) is 66.0 Å². The number of hydroxylamine groups is 1. The van der Waals surface area contributed by atoms with Crippen molar-refractivity contribution in [1.82, 2.24) is 20.4 Å². The summed E-state index contributed by atoms with van der Waals surface area (Å²) in [5.74, 6) is -0.134. The van der Waals surface area contributed by atoms with Crippen molar-refractivity contribution in [2.24, 2.45) is 0 Å². The molecule has 0 radical (unpaired) electrons. The van der Waals surface area contributed by atoms with Gasteiger partial charge in [-0.1, -0.05) is 0 Å². The maximum atomic E-state index is 14.3. The van der Waals surface area contributed by atoms with Crippen LogP contribution in [0.5, 0.6) is 11.6 Å². The topological polar surface area (TPSA) is 95.5 Å². The molecular formula is C22H23FN4O4. The summed E-state index contributed by atoms with van der Waals surface area (Å²) in [6.07, 6.45) is 4.41. The summed E-state index contributed by atoms with van der Waals surface area (Å²) < 4.78 is 24.7. The SMILES string of the molecule is CCOc1ccc(-c2cncc(C(=O)NOC(C)(C)c3cc(OC)ccc3F)n2)cn1. The van der Waals surface area contributed by atoms with Gasteiger partial charge < -0.3 is 9.47 Å². The number of aromatic nitrogens is 3. The molecular weight excluding hydrogens is 403 g/mol. The van der Waals surface area contributed by atoms with E-state index in [0.717, 1.165) is 0 Å². The minimum absolute atomic E-state index is 0.0355. The van der Waals surface area contributed by atoms with E-state index in [-0.39, 0.29) is 11.3 Å². The Kier molecular flexibility index (Phi) is 6.76. The van der Waals surface area contributed by atoms with E-state index in [9.17, 15) is 9.18 Å². The second kappa shape index (κ2) is 9.48. The van der Waals surface area contributed by atoms with E-state index in [4.69, 9.17) is 14.3 Å². The molecule has 1 amide bonds. The average Bonchev–Trinajstić information content (AvgIpc) is 2.78. The number of carbonyl (C=O) groups excluding carboxylic acids is 1. The van der Waals surface area contributed by atoms with Gasteiger partial charge in [0.05, 0.1) is 31.8 Å². The molecule has 2 heterocycles. The van der Waals surface area contributed by atoms with Gasteiger partial charge in [-0.25, -0.2) is 19.8 Å². The van der Waals surface area contributed by atoms with Crippen molar-refractivity contribution >= 4 is 5.91 Å². The van der Waals surface area contributed by atoms with Crippen molar-refractivity contribution in [1.29, 1.82) is 0 Å². The van der Waals surface area contributed by atoms with E-state index in [0.29, 0.717) is 29.5 Å². The van der Waals surface area contributed by atoms with Crippen molar-refractivity contribution in [2.75, 3.05) is 13.7 Å². The van der Waals surface area contributed by atoms with E-state index in [1.807, 2.05) is 6.92 Å². The molecule has 0 atom stereocenters. The zero-order chi connectivity index (χ0) is 22.4. The molecule has 1 aromatic carbocycles. The minimum Gasteiger partial charge on any atom is -0.497 e. The number of ether oxygens (including phenoxy) is 2. The van der Waals surface area contributed by atoms with Gasteiger partial charge in [0.25, 0.3) is 5.91 Å². The summed E-state index contributed by atoms with van der Waals surface area (Å²) in [5, 5.41) is 0. The Morgan fingerprint density at radius 3 is 2.65 bits per heavy atom. The fourth-order valence-corrected chi connectivity index (χ4v) is 2.75. The van der Waals surface area contributed by atoms with E-state index < -0.39 is 17.3 Å². The lowest BCUT2D eigenvalue weighted by Gasteiger charge is -2.26. The molecule has 0 saturated heterocycles. The van der Waals surface area contributed by atoms with Crippen molar-refractivity contribution in [3.8, 4) is 22.9 Å². The molecule has 31 heavy (non-hydrogen) atoms. The predicted octanol–water partition coefficient (Wildman–Crippen LogP) is 3.68. The van der Waals surface area contributed by atoms with Crippen LogP contribution in [0.2, 0.25) is 0 Å². The summed E-state index contributed by atoms with van der Waals surface area (Å²) in [4.78, 5) is 30.6. The summed E-state index contributed by atoms with van der Waals surface area (Å²) in [6, 6.07) is 7.78. The normalized spacial score (nSPS) is 11.1. The highest BCUT2D eigenvalue weighted by molar-refractivity contribution is 5.91. The number of hydrogen-bond acceptors (Lipinski definition) is 7. The first-order chi connectivity index (χ1) is 14.8. The minimum atomic E-state index is -1.17. The van der Waals surface area contributed by atoms with Crippen LogP contribution in [-0.4, -0.2) is 34.6 Å². The standard InChI is InChI=1S/C22H23FN4O4/c1-5-30-20-9-6-14(11-25-20)18-12-24-13-19(26-18)21(28)27-31-22(2,3)16-10-15(29-4)7-8-17(16)23/h6-13H,5H2,1-4H3,(H,27,28). The predicted molar refractivity (Wildman–Crippen MR) is 111 cm³/mol. The van der Waals surface area contributed by atoms with Crippen LogP contribution in [0.25, 0.3) is 11.3 Å². The number of methoxy groups -OCH3 is 1. The molecule has 0 unspecified atom stereocenters. The highest BCUT2D eigenvalue weighted by Crippen LogP contribution is 2.29. The number of carbonyl (C=O) groups is 1. The molecule has 0 aliphatic carbocycles. The van der Waals surface area contributed by atoms with Crippen LogP contribution in [0.1, 0.15) is 36.8 Å². The number of nitrogens with one attached hydrogen (secondary N) is 1. The van der Waals surface area contributed by atoms with Crippen molar-refractivity contribution < 1.29 is 23.5 Å². The smallest absolute Gasteiger partial charge is 0.295 e. The molecule has 0 spiro atoms. The Bertz CT molecular complexity index is 1060. The summed E-state index contributed by atoms with van der Waals surface area (Å²) in [6.45, 7) is 5.63. The molecule has 0 aliphatic rings. The van der Waals surface area contributed by atoms with Crippen LogP contribution >= 0.6 is 0 Å². The van der Waals surface area contributed by atoms with Gasteiger partial charge in [0, 0.05) is 23.4 Å². The molecule has 0 saturated carbocycles. The Balaban J connectivity index is 1.73. The molecule has 2 aromatic heterocycles. The van der Waals surface area contributed by atoms with Gasteiger partial charge in [-0.2, -0.15) is 0 Å². The molecule has 3 rings (SSSR count). The number of pyridine rings is 1. The number of hydrogen-bond donors (Lipinski definition) is 1. The third-order valence-corrected chi connectivity index (χ3v) is 4.41. The van der Waals surface area contributed by atoms with Gasteiger partial charge in [0.15, 0.2) is 0 Å². The lowest BCUT2D eigenvalue weighted by molar-refractivity contribution is -0.0768. The lowest BCUT2D eigenvalue weighted by atomic mass is 9.97. The summed E-state index contributed by atoms with van der Waals surface area (Å²) in [7, 11) is 1.48. The van der Waals surface area contributed by atoms with Gasteiger partial charge in [0.1, 0.15) is 22.9 Å². The largest absolute Gasteiger partial charge is 0.497 e. The molecule has 1 N–H and O–H groups in total. The fourth-order valence-electron chi connectivity index (χ4n) is 2.75. The number of benzene rings is 1. The maximum Gasteiger partial charge on any atom is 0.295 e. The van der Waals surface area contributed by atoms with E-state index >= 15 is 0 Å². The zero-order valence-electron chi connectivity index (χ0n) is 17.7. The second-order valence-electron chi connectivity index (χ2n) is 7.00. The van der Waals surface area contributed by atoms with E-state index in [2.05, 4.69) is 20.4 Å². The molecule has 0 aliphatic heterocycles. The molecule has 9 heteroatoms. The van der Waals surface area contributed by atoms with Crippen LogP contribution in [-0.2, 0) is 10.4 Å². The maximum absolute atomic E-state index is 14.3. The van der Waals surface area contributed by atoms with Crippen LogP contribution < -0.4 is 15.0 Å². The Morgan fingerprint density at radius 2 is 1.97 bits per heavy atom. The number of amides is 1. The van der Waals surface area contributed by atoms with Gasteiger partial charge >= 0.3 is 0 Å². The first-order valence-electron chi connectivity index (χ1n) is 9.57. The lowest BCUT2D eigenvalue weighted by Crippen LogP contribution is -2.35. The van der Waals surface area contributed by atoms with E-state index in [1.165, 1.54) is 37.7 Å². The first kappa shape index (κ1) is 22.1. The monoisotopic (exact) mass is 426 g/mol. The quantitative estimate of drug-likeness (QED) is 0.549. The summed E-state index contributed by atoms with van der Waals surface area (Å²) in [5.41, 5.74) is 2.55. The van der Waals surface area contributed by atoms with Gasteiger partial charge in [-0.3, -0.25) is 14.6 Å². The Labute approximate surface area is 179 Å². The first-order valence-corrected chi connectivity index (χ1v) is 9.57. The Hall–Kier alpha value is -3.59. The zero-order valence-corrected chi connectivity index (χ0v) is 17.7. The summed E-state index contributed by atoms with van der Waals surface area (Å²) >= 11 is 0. The highest BCUT2D eigenvalue weighted by atomic mass is 19.1. The highest BCUT2D eigenvalue weighted by Gasteiger charge is 2.28. The molecule has 3 aromatic rings. The van der Waals surface area contributed by atoms with Gasteiger partial charge in [-0.05, 0) is 45.0 Å².